The van der Waals surface area contributed by atoms with E-state index >= 15 is 0 Å². The van der Waals surface area contributed by atoms with Crippen molar-refractivity contribution in [2.45, 2.75) is 58.9 Å². The zero-order chi connectivity index (χ0) is 11.5. The third-order valence-corrected chi connectivity index (χ3v) is 2.56. The van der Waals surface area contributed by atoms with E-state index in [-0.39, 0.29) is 5.91 Å². The first-order valence-corrected chi connectivity index (χ1v) is 6.24. The molecule has 0 fully saturated rings. The molecule has 0 aromatic heterocycles. The average Bonchev–Trinajstić information content (AvgIpc) is 2.23. The van der Waals surface area contributed by atoms with Gasteiger partial charge in [-0.1, -0.05) is 26.7 Å². The van der Waals surface area contributed by atoms with Crippen molar-refractivity contribution in [1.82, 2.24) is 10.6 Å². The third-order valence-electron chi connectivity index (χ3n) is 2.56. The Hall–Kier alpha value is -0.570. The van der Waals surface area contributed by atoms with Crippen LogP contribution in [0.3, 0.4) is 0 Å². The van der Waals surface area contributed by atoms with Gasteiger partial charge in [-0.05, 0) is 19.8 Å². The van der Waals surface area contributed by atoms with E-state index in [0.29, 0.717) is 12.5 Å². The summed E-state index contributed by atoms with van der Waals surface area (Å²) in [7, 11) is 0. The van der Waals surface area contributed by atoms with Crippen LogP contribution in [0.25, 0.3) is 0 Å². The van der Waals surface area contributed by atoms with Crippen molar-refractivity contribution in [2.24, 2.45) is 0 Å². The van der Waals surface area contributed by atoms with E-state index in [1.165, 1.54) is 19.3 Å². The van der Waals surface area contributed by atoms with Crippen molar-refractivity contribution in [3.05, 3.63) is 0 Å². The Morgan fingerprint density at radius 2 is 2.00 bits per heavy atom. The molecular weight excluding hydrogens is 188 g/mol. The van der Waals surface area contributed by atoms with Gasteiger partial charge in [0.25, 0.3) is 0 Å². The highest BCUT2D eigenvalue weighted by atomic mass is 16.1. The Bertz CT molecular complexity index is 160. The molecule has 15 heavy (non-hydrogen) atoms. The summed E-state index contributed by atoms with van der Waals surface area (Å²) in [6, 6.07) is 0.583. The van der Waals surface area contributed by atoms with Gasteiger partial charge in [0, 0.05) is 25.6 Å². The van der Waals surface area contributed by atoms with Gasteiger partial charge in [0.1, 0.15) is 0 Å². The SMILES string of the molecule is CCCCC(CC)NCCC(=O)NCC. The van der Waals surface area contributed by atoms with E-state index in [1.54, 1.807) is 0 Å². The molecule has 0 bridgehead atoms. The number of amides is 1. The van der Waals surface area contributed by atoms with Gasteiger partial charge in [-0.15, -0.1) is 0 Å². The molecular formula is C12H26N2O. The van der Waals surface area contributed by atoms with Crippen molar-refractivity contribution in [3.8, 4) is 0 Å². The fraction of sp³-hybridized carbons (Fsp3) is 0.917. The minimum absolute atomic E-state index is 0.148. The van der Waals surface area contributed by atoms with E-state index < -0.39 is 0 Å². The summed E-state index contributed by atoms with van der Waals surface area (Å²) >= 11 is 0. The largest absolute Gasteiger partial charge is 0.356 e. The standard InChI is InChI=1S/C12H26N2O/c1-4-7-8-11(5-2)14-10-9-12(15)13-6-3/h11,14H,4-10H2,1-3H3,(H,13,15). The number of hydrogen-bond donors (Lipinski definition) is 2. The predicted octanol–water partition coefficient (Wildman–Crippen LogP) is 2.07. The summed E-state index contributed by atoms with van der Waals surface area (Å²) in [5.41, 5.74) is 0. The number of unbranched alkanes of at least 4 members (excludes halogenated alkanes) is 1. The highest BCUT2D eigenvalue weighted by Crippen LogP contribution is 2.03. The summed E-state index contributed by atoms with van der Waals surface area (Å²) in [6.07, 6.45) is 5.48. The van der Waals surface area contributed by atoms with Crippen molar-refractivity contribution < 1.29 is 4.79 Å². The van der Waals surface area contributed by atoms with Crippen LogP contribution in [0.4, 0.5) is 0 Å². The first-order valence-electron chi connectivity index (χ1n) is 6.24. The molecule has 0 aliphatic carbocycles. The number of carbonyl (C=O) groups is 1. The minimum Gasteiger partial charge on any atom is -0.356 e. The molecule has 3 heteroatoms. The highest BCUT2D eigenvalue weighted by Gasteiger charge is 2.05. The molecule has 0 spiro atoms. The molecule has 0 rings (SSSR count). The van der Waals surface area contributed by atoms with Crippen molar-refractivity contribution in [2.75, 3.05) is 13.1 Å². The molecule has 1 amide bonds. The lowest BCUT2D eigenvalue weighted by Crippen LogP contribution is -2.33. The number of rotatable bonds is 9. The molecule has 0 aromatic carbocycles. The monoisotopic (exact) mass is 214 g/mol. The lowest BCUT2D eigenvalue weighted by Gasteiger charge is -2.16. The predicted molar refractivity (Wildman–Crippen MR) is 64.9 cm³/mol. The Morgan fingerprint density at radius 3 is 2.53 bits per heavy atom. The van der Waals surface area contributed by atoms with Gasteiger partial charge in [0.2, 0.25) is 5.91 Å². The quantitative estimate of drug-likeness (QED) is 0.617. The molecule has 0 aliphatic rings. The second-order valence-corrected chi connectivity index (χ2v) is 3.91. The molecule has 0 saturated heterocycles. The maximum atomic E-state index is 11.2. The highest BCUT2D eigenvalue weighted by molar-refractivity contribution is 5.75. The van der Waals surface area contributed by atoms with E-state index in [1.807, 2.05) is 6.92 Å². The van der Waals surface area contributed by atoms with Crippen molar-refractivity contribution in [1.29, 1.82) is 0 Å². The van der Waals surface area contributed by atoms with Crippen molar-refractivity contribution >= 4 is 5.91 Å². The lowest BCUT2D eigenvalue weighted by atomic mass is 10.1. The summed E-state index contributed by atoms with van der Waals surface area (Å²) in [5, 5.41) is 6.23. The zero-order valence-corrected chi connectivity index (χ0v) is 10.4. The first-order chi connectivity index (χ1) is 7.24. The van der Waals surface area contributed by atoms with Crippen LogP contribution in [0.2, 0.25) is 0 Å². The van der Waals surface area contributed by atoms with Crippen LogP contribution in [0.15, 0.2) is 0 Å². The number of hydrogen-bond acceptors (Lipinski definition) is 2. The van der Waals surface area contributed by atoms with Gasteiger partial charge in [-0.2, -0.15) is 0 Å². The van der Waals surface area contributed by atoms with Crippen LogP contribution in [-0.4, -0.2) is 25.0 Å². The molecule has 2 N–H and O–H groups in total. The Balaban J connectivity index is 3.49. The second kappa shape index (κ2) is 9.97. The summed E-state index contributed by atoms with van der Waals surface area (Å²) in [6.45, 7) is 7.88. The minimum atomic E-state index is 0.148. The smallest absolute Gasteiger partial charge is 0.221 e. The fourth-order valence-corrected chi connectivity index (χ4v) is 1.58. The van der Waals surface area contributed by atoms with Crippen LogP contribution in [0.1, 0.15) is 52.9 Å². The Kier molecular flexibility index (Phi) is 9.59. The topological polar surface area (TPSA) is 41.1 Å². The van der Waals surface area contributed by atoms with E-state index in [2.05, 4.69) is 24.5 Å². The number of carbonyl (C=O) groups excluding carboxylic acids is 1. The molecule has 1 atom stereocenters. The second-order valence-electron chi connectivity index (χ2n) is 3.91. The van der Waals surface area contributed by atoms with Gasteiger partial charge < -0.3 is 10.6 Å². The maximum absolute atomic E-state index is 11.2. The Labute approximate surface area is 94.0 Å². The molecule has 1 unspecified atom stereocenters. The van der Waals surface area contributed by atoms with Gasteiger partial charge >= 0.3 is 0 Å². The molecule has 0 aliphatic heterocycles. The van der Waals surface area contributed by atoms with Gasteiger partial charge in [-0.3, -0.25) is 4.79 Å². The van der Waals surface area contributed by atoms with Gasteiger partial charge in [-0.25, -0.2) is 0 Å². The summed E-state index contributed by atoms with van der Waals surface area (Å²) in [5.74, 6) is 0.148. The van der Waals surface area contributed by atoms with Crippen LogP contribution in [-0.2, 0) is 4.79 Å². The molecule has 0 heterocycles. The molecule has 3 nitrogen and oxygen atoms in total. The van der Waals surface area contributed by atoms with E-state index in [4.69, 9.17) is 0 Å². The van der Waals surface area contributed by atoms with Crippen LogP contribution >= 0.6 is 0 Å². The summed E-state index contributed by atoms with van der Waals surface area (Å²) in [4.78, 5) is 11.2. The maximum Gasteiger partial charge on any atom is 0.221 e. The number of nitrogens with one attached hydrogen (secondary N) is 2. The lowest BCUT2D eigenvalue weighted by molar-refractivity contribution is -0.120. The van der Waals surface area contributed by atoms with E-state index in [0.717, 1.165) is 19.5 Å². The van der Waals surface area contributed by atoms with Crippen molar-refractivity contribution in [3.63, 3.8) is 0 Å². The molecule has 0 saturated carbocycles. The summed E-state index contributed by atoms with van der Waals surface area (Å²) < 4.78 is 0. The average molecular weight is 214 g/mol. The normalized spacial score (nSPS) is 12.5. The third kappa shape index (κ3) is 8.43. The first kappa shape index (κ1) is 14.4. The van der Waals surface area contributed by atoms with Crippen LogP contribution in [0.5, 0.6) is 0 Å². The molecule has 90 valence electrons. The zero-order valence-electron chi connectivity index (χ0n) is 10.4. The van der Waals surface area contributed by atoms with Crippen LogP contribution < -0.4 is 10.6 Å². The molecule has 0 aromatic rings. The van der Waals surface area contributed by atoms with Gasteiger partial charge in [0.05, 0.1) is 0 Å². The fourth-order valence-electron chi connectivity index (χ4n) is 1.58. The van der Waals surface area contributed by atoms with Gasteiger partial charge in [0.15, 0.2) is 0 Å². The Morgan fingerprint density at radius 1 is 1.27 bits per heavy atom. The van der Waals surface area contributed by atoms with Crippen LogP contribution in [0, 0.1) is 0 Å². The van der Waals surface area contributed by atoms with E-state index in [9.17, 15) is 4.79 Å². The molecule has 0 radical (unpaired) electrons.